The Kier molecular flexibility index (Phi) is 3.26. The molecule has 0 atom stereocenters. The van der Waals surface area contributed by atoms with Gasteiger partial charge in [0.15, 0.2) is 11.6 Å². The summed E-state index contributed by atoms with van der Waals surface area (Å²) in [5.41, 5.74) is 6.64. The molecule has 0 fully saturated rings. The number of hydrogen-bond donors (Lipinski definition) is 3. The van der Waals surface area contributed by atoms with Gasteiger partial charge >= 0.3 is 0 Å². The van der Waals surface area contributed by atoms with Gasteiger partial charge in [-0.15, -0.1) is 0 Å². The van der Waals surface area contributed by atoms with Gasteiger partial charge in [0.25, 0.3) is 5.91 Å². The molecule has 0 saturated heterocycles. The van der Waals surface area contributed by atoms with Crippen LogP contribution in [0.25, 0.3) is 0 Å². The number of nitrogens with two attached hydrogens (primary N) is 1. The van der Waals surface area contributed by atoms with Gasteiger partial charge in [-0.3, -0.25) is 14.6 Å². The average molecular weight is 249 g/mol. The van der Waals surface area contributed by atoms with E-state index >= 15 is 0 Å². The molecule has 0 aliphatic heterocycles. The van der Waals surface area contributed by atoms with Crippen molar-refractivity contribution in [1.82, 2.24) is 30.3 Å². The number of nitrogen functional groups attached to an aromatic ring is 1. The van der Waals surface area contributed by atoms with Crippen LogP contribution in [0.1, 0.15) is 21.9 Å². The number of anilines is 1. The van der Waals surface area contributed by atoms with E-state index in [-0.39, 0.29) is 11.7 Å². The molecule has 2 rings (SSSR count). The van der Waals surface area contributed by atoms with Gasteiger partial charge in [0.1, 0.15) is 11.9 Å². The highest BCUT2D eigenvalue weighted by molar-refractivity contribution is 5.99. The summed E-state index contributed by atoms with van der Waals surface area (Å²) < 4.78 is 1.62. The fraction of sp³-hybridized carbons (Fsp3) is 0.400. The molecule has 96 valence electrons. The third-order valence-electron chi connectivity index (χ3n) is 2.48. The Labute approximate surface area is 104 Å². The average Bonchev–Trinajstić information content (AvgIpc) is 2.86. The second kappa shape index (κ2) is 4.86. The van der Waals surface area contributed by atoms with Crippen molar-refractivity contribution in [3.8, 4) is 0 Å². The number of carbonyl (C=O) groups excluding carboxylic acids is 1. The van der Waals surface area contributed by atoms with Crippen LogP contribution in [0.4, 0.5) is 5.82 Å². The Morgan fingerprint density at radius 1 is 1.61 bits per heavy atom. The van der Waals surface area contributed by atoms with Crippen LogP contribution in [0.2, 0.25) is 0 Å². The molecule has 18 heavy (non-hydrogen) atoms. The first-order valence-electron chi connectivity index (χ1n) is 5.51. The van der Waals surface area contributed by atoms with E-state index in [9.17, 15) is 4.79 Å². The van der Waals surface area contributed by atoms with E-state index in [1.165, 1.54) is 0 Å². The van der Waals surface area contributed by atoms with Crippen LogP contribution in [-0.2, 0) is 13.5 Å². The highest BCUT2D eigenvalue weighted by Gasteiger charge is 2.15. The van der Waals surface area contributed by atoms with Crippen molar-refractivity contribution in [2.24, 2.45) is 7.05 Å². The summed E-state index contributed by atoms with van der Waals surface area (Å²) in [6.45, 7) is 2.20. The van der Waals surface area contributed by atoms with Crippen molar-refractivity contribution in [2.45, 2.75) is 13.3 Å². The minimum Gasteiger partial charge on any atom is -0.382 e. The maximum Gasteiger partial charge on any atom is 0.256 e. The summed E-state index contributed by atoms with van der Waals surface area (Å²) in [6, 6.07) is 0. The molecule has 0 saturated carbocycles. The number of nitrogens with one attached hydrogen (secondary N) is 2. The molecule has 1 amide bonds. The van der Waals surface area contributed by atoms with Crippen LogP contribution in [0.15, 0.2) is 6.33 Å². The topological polar surface area (TPSA) is 115 Å². The largest absolute Gasteiger partial charge is 0.382 e. The number of nitrogens with zero attached hydrogens (tertiary/aromatic N) is 4. The van der Waals surface area contributed by atoms with Crippen LogP contribution in [0.3, 0.4) is 0 Å². The SMILES string of the molecule is Cc1[nH]nc(N)c1C(=O)NCCc1ncn(C)n1. The first-order chi connectivity index (χ1) is 8.58. The Morgan fingerprint density at radius 2 is 2.39 bits per heavy atom. The molecule has 2 aromatic heterocycles. The van der Waals surface area contributed by atoms with Gasteiger partial charge < -0.3 is 11.1 Å². The summed E-state index contributed by atoms with van der Waals surface area (Å²) in [4.78, 5) is 15.9. The molecule has 0 radical (unpaired) electrons. The minimum absolute atomic E-state index is 0.209. The molecule has 0 unspecified atom stereocenters. The predicted octanol–water partition coefficient (Wildman–Crippen LogP) is -0.599. The van der Waals surface area contributed by atoms with Crippen LogP contribution in [-0.4, -0.2) is 37.4 Å². The number of rotatable bonds is 4. The van der Waals surface area contributed by atoms with E-state index in [1.807, 2.05) is 0 Å². The van der Waals surface area contributed by atoms with Crippen LogP contribution < -0.4 is 11.1 Å². The Bertz CT molecular complexity index is 537. The summed E-state index contributed by atoms with van der Waals surface area (Å²) in [7, 11) is 1.80. The highest BCUT2D eigenvalue weighted by Crippen LogP contribution is 2.11. The van der Waals surface area contributed by atoms with Crippen molar-refractivity contribution >= 4 is 11.7 Å². The van der Waals surface area contributed by atoms with Gasteiger partial charge in [-0.1, -0.05) is 0 Å². The third-order valence-corrected chi connectivity index (χ3v) is 2.48. The maximum absolute atomic E-state index is 11.8. The van der Waals surface area contributed by atoms with E-state index < -0.39 is 0 Å². The molecule has 0 aromatic carbocycles. The Morgan fingerprint density at radius 3 is 2.94 bits per heavy atom. The first-order valence-corrected chi connectivity index (χ1v) is 5.51. The van der Waals surface area contributed by atoms with Crippen LogP contribution in [0.5, 0.6) is 0 Å². The Hall–Kier alpha value is -2.38. The fourth-order valence-electron chi connectivity index (χ4n) is 1.61. The lowest BCUT2D eigenvalue weighted by atomic mass is 10.2. The first kappa shape index (κ1) is 12.1. The second-order valence-corrected chi connectivity index (χ2v) is 3.95. The lowest BCUT2D eigenvalue weighted by Gasteiger charge is -2.03. The molecule has 0 spiro atoms. The fourth-order valence-corrected chi connectivity index (χ4v) is 1.61. The van der Waals surface area contributed by atoms with Gasteiger partial charge in [0.05, 0.1) is 0 Å². The summed E-state index contributed by atoms with van der Waals surface area (Å²) in [6.07, 6.45) is 2.19. The number of aromatic nitrogens is 5. The normalized spacial score (nSPS) is 10.6. The second-order valence-electron chi connectivity index (χ2n) is 3.95. The molecule has 8 heteroatoms. The van der Waals surface area contributed by atoms with E-state index in [1.54, 1.807) is 25.0 Å². The van der Waals surface area contributed by atoms with Crippen LogP contribution in [0, 0.1) is 6.92 Å². The minimum atomic E-state index is -0.241. The van der Waals surface area contributed by atoms with E-state index in [0.717, 1.165) is 0 Å². The third kappa shape index (κ3) is 2.47. The summed E-state index contributed by atoms with van der Waals surface area (Å²) >= 11 is 0. The molecule has 0 aliphatic rings. The number of carbonyl (C=O) groups is 1. The number of H-pyrrole nitrogens is 1. The summed E-state index contributed by atoms with van der Waals surface area (Å²) in [5.74, 6) is 0.658. The monoisotopic (exact) mass is 249 g/mol. The maximum atomic E-state index is 11.8. The zero-order valence-electron chi connectivity index (χ0n) is 10.3. The molecule has 8 nitrogen and oxygen atoms in total. The molecular weight excluding hydrogens is 234 g/mol. The summed E-state index contributed by atoms with van der Waals surface area (Å²) in [5, 5.41) is 13.3. The van der Waals surface area contributed by atoms with Crippen LogP contribution >= 0.6 is 0 Å². The number of amides is 1. The molecule has 2 heterocycles. The predicted molar refractivity (Wildman–Crippen MR) is 64.8 cm³/mol. The smallest absolute Gasteiger partial charge is 0.256 e. The molecule has 4 N–H and O–H groups in total. The Balaban J connectivity index is 1.89. The van der Waals surface area contributed by atoms with Gasteiger partial charge in [-0.05, 0) is 6.92 Å². The van der Waals surface area contributed by atoms with E-state index in [0.29, 0.717) is 30.0 Å². The van der Waals surface area contributed by atoms with Crippen molar-refractivity contribution in [3.05, 3.63) is 23.4 Å². The van der Waals surface area contributed by atoms with Crippen molar-refractivity contribution in [3.63, 3.8) is 0 Å². The molecule has 2 aromatic rings. The highest BCUT2D eigenvalue weighted by atomic mass is 16.1. The van der Waals surface area contributed by atoms with Crippen molar-refractivity contribution in [2.75, 3.05) is 12.3 Å². The standard InChI is InChI=1S/C10H15N7O/c1-6-8(9(11)15-14-6)10(18)12-4-3-7-13-5-17(2)16-7/h5H,3-4H2,1-2H3,(H,12,18)(H3,11,14,15). The van der Waals surface area contributed by atoms with Gasteiger partial charge in [0, 0.05) is 25.7 Å². The number of aromatic amines is 1. The van der Waals surface area contributed by atoms with Gasteiger partial charge in [-0.2, -0.15) is 10.2 Å². The molecule has 0 aliphatic carbocycles. The number of aryl methyl sites for hydroxylation is 2. The molecule has 0 bridgehead atoms. The zero-order chi connectivity index (χ0) is 13.1. The molecular formula is C10H15N7O. The van der Waals surface area contributed by atoms with Crippen molar-refractivity contribution in [1.29, 1.82) is 0 Å². The van der Waals surface area contributed by atoms with E-state index in [2.05, 4.69) is 25.6 Å². The lowest BCUT2D eigenvalue weighted by Crippen LogP contribution is -2.27. The zero-order valence-corrected chi connectivity index (χ0v) is 10.3. The van der Waals surface area contributed by atoms with Crippen molar-refractivity contribution < 1.29 is 4.79 Å². The quantitative estimate of drug-likeness (QED) is 0.669. The van der Waals surface area contributed by atoms with Gasteiger partial charge in [-0.25, -0.2) is 4.98 Å². The van der Waals surface area contributed by atoms with Gasteiger partial charge in [0.2, 0.25) is 0 Å². The van der Waals surface area contributed by atoms with E-state index in [4.69, 9.17) is 5.73 Å². The lowest BCUT2D eigenvalue weighted by molar-refractivity contribution is 0.0954. The number of hydrogen-bond acceptors (Lipinski definition) is 5.